The van der Waals surface area contributed by atoms with Crippen molar-refractivity contribution in [3.63, 3.8) is 0 Å². The summed E-state index contributed by atoms with van der Waals surface area (Å²) in [6.07, 6.45) is 1.71. The molecule has 0 bridgehead atoms. The third kappa shape index (κ3) is 2.20. The number of carbonyl (C=O) groups is 1. The van der Waals surface area contributed by atoms with Crippen molar-refractivity contribution in [1.82, 2.24) is 4.98 Å². The average Bonchev–Trinajstić information content (AvgIpc) is 2.83. The molecule has 0 aliphatic carbocycles. The fourth-order valence-corrected chi connectivity index (χ4v) is 2.22. The van der Waals surface area contributed by atoms with Crippen LogP contribution in [0.3, 0.4) is 0 Å². The van der Waals surface area contributed by atoms with Crippen molar-refractivity contribution in [3.8, 4) is 0 Å². The van der Waals surface area contributed by atoms with E-state index in [2.05, 4.69) is 10.3 Å². The summed E-state index contributed by atoms with van der Waals surface area (Å²) in [6.45, 7) is 0. The van der Waals surface area contributed by atoms with Gasteiger partial charge in [0, 0.05) is 17.1 Å². The highest BCUT2D eigenvalue weighted by molar-refractivity contribution is 6.36. The highest BCUT2D eigenvalue weighted by atomic mass is 35.5. The Morgan fingerprint density at radius 3 is 2.63 bits per heavy atom. The van der Waals surface area contributed by atoms with Gasteiger partial charge in [-0.2, -0.15) is 0 Å². The zero-order valence-electron chi connectivity index (χ0n) is 9.98. The topological polar surface area (TPSA) is 44.9 Å². The summed E-state index contributed by atoms with van der Waals surface area (Å²) in [4.78, 5) is 15.2. The number of amides is 1. The van der Waals surface area contributed by atoms with Gasteiger partial charge in [-0.1, -0.05) is 41.9 Å². The molecule has 0 aliphatic rings. The maximum atomic E-state index is 12.1. The van der Waals surface area contributed by atoms with Crippen LogP contribution < -0.4 is 5.32 Å². The lowest BCUT2D eigenvalue weighted by molar-refractivity contribution is 0.102. The summed E-state index contributed by atoms with van der Waals surface area (Å²) in [7, 11) is 0. The minimum Gasteiger partial charge on any atom is -0.358 e. The molecule has 0 atom stereocenters. The van der Waals surface area contributed by atoms with Crippen LogP contribution in [0.25, 0.3) is 10.9 Å². The smallest absolute Gasteiger partial charge is 0.255 e. The van der Waals surface area contributed by atoms with Crippen LogP contribution >= 0.6 is 11.6 Å². The van der Waals surface area contributed by atoms with Crippen molar-refractivity contribution in [2.24, 2.45) is 0 Å². The van der Waals surface area contributed by atoms with Crippen LogP contribution in [0.15, 0.2) is 54.7 Å². The number of hydrogen-bond donors (Lipinski definition) is 2. The number of fused-ring (bicyclic) bond motifs is 1. The SMILES string of the molecule is O=C(Nc1cccc2c(Cl)c[nH]c12)c1ccccc1. The lowest BCUT2D eigenvalue weighted by atomic mass is 10.2. The van der Waals surface area contributed by atoms with Gasteiger partial charge in [0.15, 0.2) is 0 Å². The van der Waals surface area contributed by atoms with Crippen LogP contribution in [0.1, 0.15) is 10.4 Å². The maximum Gasteiger partial charge on any atom is 0.255 e. The van der Waals surface area contributed by atoms with Gasteiger partial charge in [0.05, 0.1) is 16.2 Å². The number of H-pyrrole nitrogens is 1. The Hall–Kier alpha value is -2.26. The van der Waals surface area contributed by atoms with E-state index in [1.165, 1.54) is 0 Å². The molecule has 0 saturated carbocycles. The molecule has 3 nitrogen and oxygen atoms in total. The van der Waals surface area contributed by atoms with Gasteiger partial charge in [-0.25, -0.2) is 0 Å². The van der Waals surface area contributed by atoms with E-state index in [1.54, 1.807) is 18.3 Å². The van der Waals surface area contributed by atoms with E-state index < -0.39 is 0 Å². The van der Waals surface area contributed by atoms with E-state index in [-0.39, 0.29) is 5.91 Å². The molecule has 1 amide bonds. The fraction of sp³-hybridized carbons (Fsp3) is 0. The second kappa shape index (κ2) is 4.78. The van der Waals surface area contributed by atoms with Crippen molar-refractivity contribution in [1.29, 1.82) is 0 Å². The van der Waals surface area contributed by atoms with Crippen molar-refractivity contribution in [2.45, 2.75) is 0 Å². The molecule has 1 heterocycles. The van der Waals surface area contributed by atoms with Crippen LogP contribution in [0.5, 0.6) is 0 Å². The van der Waals surface area contributed by atoms with Gasteiger partial charge in [-0.3, -0.25) is 4.79 Å². The third-order valence-electron chi connectivity index (χ3n) is 2.95. The first-order valence-electron chi connectivity index (χ1n) is 5.88. The first kappa shape index (κ1) is 11.8. The van der Waals surface area contributed by atoms with E-state index in [9.17, 15) is 4.79 Å². The molecule has 0 unspecified atom stereocenters. The quantitative estimate of drug-likeness (QED) is 0.724. The first-order valence-corrected chi connectivity index (χ1v) is 6.25. The number of hydrogen-bond acceptors (Lipinski definition) is 1. The fourth-order valence-electron chi connectivity index (χ4n) is 2.01. The molecule has 1 aromatic heterocycles. The lowest BCUT2D eigenvalue weighted by Gasteiger charge is -2.06. The zero-order valence-corrected chi connectivity index (χ0v) is 10.7. The number of halogens is 1. The van der Waals surface area contributed by atoms with Crippen LogP contribution in [-0.4, -0.2) is 10.9 Å². The van der Waals surface area contributed by atoms with Gasteiger partial charge in [-0.15, -0.1) is 0 Å². The molecule has 0 fully saturated rings. The Balaban J connectivity index is 1.96. The van der Waals surface area contributed by atoms with Crippen LogP contribution in [0, 0.1) is 0 Å². The largest absolute Gasteiger partial charge is 0.358 e. The molecule has 0 aliphatic heterocycles. The van der Waals surface area contributed by atoms with Gasteiger partial charge in [0.1, 0.15) is 0 Å². The van der Waals surface area contributed by atoms with Gasteiger partial charge >= 0.3 is 0 Å². The molecule has 19 heavy (non-hydrogen) atoms. The molecule has 94 valence electrons. The van der Waals surface area contributed by atoms with Crippen molar-refractivity contribution >= 4 is 34.1 Å². The Morgan fingerprint density at radius 1 is 1.05 bits per heavy atom. The second-order valence-corrected chi connectivity index (χ2v) is 4.59. The molecule has 2 N–H and O–H groups in total. The number of para-hydroxylation sites is 1. The van der Waals surface area contributed by atoms with Crippen molar-refractivity contribution < 1.29 is 4.79 Å². The summed E-state index contributed by atoms with van der Waals surface area (Å²) in [5, 5.41) is 4.43. The Kier molecular flexibility index (Phi) is 2.97. The Morgan fingerprint density at radius 2 is 1.84 bits per heavy atom. The van der Waals surface area contributed by atoms with Gasteiger partial charge in [0.25, 0.3) is 5.91 Å². The molecular formula is C15H11ClN2O. The number of aromatic amines is 1. The minimum absolute atomic E-state index is 0.140. The summed E-state index contributed by atoms with van der Waals surface area (Å²) in [5.41, 5.74) is 2.17. The number of anilines is 1. The lowest BCUT2D eigenvalue weighted by Crippen LogP contribution is -2.11. The number of carbonyl (C=O) groups excluding carboxylic acids is 1. The molecule has 0 saturated heterocycles. The summed E-state index contributed by atoms with van der Waals surface area (Å²) in [5.74, 6) is -0.140. The molecule has 0 spiro atoms. The normalized spacial score (nSPS) is 10.6. The summed E-state index contributed by atoms with van der Waals surface area (Å²) in [6, 6.07) is 14.7. The maximum absolute atomic E-state index is 12.1. The number of rotatable bonds is 2. The second-order valence-electron chi connectivity index (χ2n) is 4.18. The zero-order chi connectivity index (χ0) is 13.2. The van der Waals surface area contributed by atoms with Crippen LogP contribution in [0.2, 0.25) is 5.02 Å². The molecular weight excluding hydrogens is 260 g/mol. The van der Waals surface area contributed by atoms with Crippen LogP contribution in [-0.2, 0) is 0 Å². The highest BCUT2D eigenvalue weighted by Crippen LogP contribution is 2.28. The Labute approximate surface area is 115 Å². The molecule has 4 heteroatoms. The number of aromatic nitrogens is 1. The van der Waals surface area contributed by atoms with E-state index in [4.69, 9.17) is 11.6 Å². The monoisotopic (exact) mass is 270 g/mol. The van der Waals surface area contributed by atoms with Gasteiger partial charge < -0.3 is 10.3 Å². The number of benzene rings is 2. The summed E-state index contributed by atoms with van der Waals surface area (Å²) >= 11 is 6.05. The van der Waals surface area contributed by atoms with E-state index in [1.807, 2.05) is 36.4 Å². The molecule has 3 aromatic rings. The van der Waals surface area contributed by atoms with E-state index in [0.29, 0.717) is 10.6 Å². The summed E-state index contributed by atoms with van der Waals surface area (Å²) < 4.78 is 0. The van der Waals surface area contributed by atoms with Crippen LogP contribution in [0.4, 0.5) is 5.69 Å². The highest BCUT2D eigenvalue weighted by Gasteiger charge is 2.09. The third-order valence-corrected chi connectivity index (χ3v) is 3.26. The van der Waals surface area contributed by atoms with Crippen molar-refractivity contribution in [2.75, 3.05) is 5.32 Å². The van der Waals surface area contributed by atoms with Gasteiger partial charge in [0.2, 0.25) is 0 Å². The predicted octanol–water partition coefficient (Wildman–Crippen LogP) is 4.07. The molecule has 2 aromatic carbocycles. The Bertz CT molecular complexity index is 734. The standard InChI is InChI=1S/C15H11ClN2O/c16-12-9-17-14-11(12)7-4-8-13(14)18-15(19)10-5-2-1-3-6-10/h1-9,17H,(H,18,19). The number of nitrogens with one attached hydrogen (secondary N) is 2. The minimum atomic E-state index is -0.140. The molecule has 0 radical (unpaired) electrons. The van der Waals surface area contributed by atoms with Gasteiger partial charge in [-0.05, 0) is 18.2 Å². The van der Waals surface area contributed by atoms with E-state index >= 15 is 0 Å². The first-order chi connectivity index (χ1) is 9.25. The molecule has 3 rings (SSSR count). The average molecular weight is 271 g/mol. The van der Waals surface area contributed by atoms with E-state index in [0.717, 1.165) is 16.6 Å². The van der Waals surface area contributed by atoms with Crippen molar-refractivity contribution in [3.05, 3.63) is 65.3 Å². The predicted molar refractivity (Wildman–Crippen MR) is 77.7 cm³/mol.